The van der Waals surface area contributed by atoms with Crippen LogP contribution in [-0.4, -0.2) is 31.3 Å². The van der Waals surface area contributed by atoms with Gasteiger partial charge >= 0.3 is 0 Å². The third-order valence-corrected chi connectivity index (χ3v) is 4.59. The summed E-state index contributed by atoms with van der Waals surface area (Å²) in [6.07, 6.45) is 4.27. The summed E-state index contributed by atoms with van der Waals surface area (Å²) in [7, 11) is 0. The molecule has 0 spiro atoms. The van der Waals surface area contributed by atoms with Gasteiger partial charge in [-0.25, -0.2) is 0 Å². The molecule has 0 unspecified atom stereocenters. The number of anilines is 1. The summed E-state index contributed by atoms with van der Waals surface area (Å²) in [6.45, 7) is 5.52. The normalized spacial score (nSPS) is 15.2. The Morgan fingerprint density at radius 2 is 1.76 bits per heavy atom. The molecule has 1 saturated heterocycles. The Balaban J connectivity index is 1.65. The molecule has 1 aliphatic heterocycles. The highest BCUT2D eigenvalue weighted by Gasteiger charge is 2.12. The van der Waals surface area contributed by atoms with Crippen molar-refractivity contribution in [3.8, 4) is 0 Å². The molecule has 1 aromatic heterocycles. The van der Waals surface area contributed by atoms with E-state index in [1.54, 1.807) is 0 Å². The number of fused-ring (bicyclic) bond motifs is 1. The smallest absolute Gasteiger partial charge is 0.0653 e. The van der Waals surface area contributed by atoms with Crippen molar-refractivity contribution in [2.75, 3.05) is 31.2 Å². The van der Waals surface area contributed by atoms with Crippen LogP contribution in [0.3, 0.4) is 0 Å². The number of nitrogens with zero attached hydrogens (tertiary/aromatic N) is 2. The summed E-state index contributed by atoms with van der Waals surface area (Å²) in [5, 5.41) is 2.53. The quantitative estimate of drug-likeness (QED) is 0.704. The van der Waals surface area contributed by atoms with E-state index >= 15 is 0 Å². The Hall–Kier alpha value is -2.65. The highest BCUT2D eigenvalue weighted by atomic mass is 16.5. The van der Waals surface area contributed by atoms with Gasteiger partial charge in [0.1, 0.15) is 0 Å². The average molecular weight is 330 g/mol. The molecule has 1 aliphatic rings. The number of hydrogen-bond acceptors (Lipinski definition) is 3. The Kier molecular flexibility index (Phi) is 4.49. The first-order chi connectivity index (χ1) is 12.3. The second-order valence-corrected chi connectivity index (χ2v) is 6.39. The minimum Gasteiger partial charge on any atom is -0.378 e. The van der Waals surface area contributed by atoms with Gasteiger partial charge in [-0.3, -0.25) is 4.98 Å². The van der Waals surface area contributed by atoms with Crippen LogP contribution in [0.4, 0.5) is 5.69 Å². The minimum absolute atomic E-state index is 0.794. The first-order valence-electron chi connectivity index (χ1n) is 8.77. The first kappa shape index (κ1) is 15.9. The van der Waals surface area contributed by atoms with Crippen molar-refractivity contribution in [1.29, 1.82) is 0 Å². The lowest BCUT2D eigenvalue weighted by molar-refractivity contribution is 0.122. The molecule has 0 N–H and O–H groups in total. The van der Waals surface area contributed by atoms with Crippen molar-refractivity contribution >= 4 is 28.6 Å². The van der Waals surface area contributed by atoms with Crippen molar-refractivity contribution in [3.63, 3.8) is 0 Å². The van der Waals surface area contributed by atoms with E-state index in [0.717, 1.165) is 37.7 Å². The van der Waals surface area contributed by atoms with Gasteiger partial charge in [0.15, 0.2) is 0 Å². The molecule has 0 saturated carbocycles. The Morgan fingerprint density at radius 3 is 2.64 bits per heavy atom. The summed E-state index contributed by atoms with van der Waals surface area (Å²) in [5.74, 6) is 0. The predicted molar refractivity (Wildman–Crippen MR) is 105 cm³/mol. The van der Waals surface area contributed by atoms with Crippen LogP contribution in [-0.2, 0) is 4.74 Å². The van der Waals surface area contributed by atoms with Gasteiger partial charge < -0.3 is 9.64 Å². The second-order valence-electron chi connectivity index (χ2n) is 6.39. The summed E-state index contributed by atoms with van der Waals surface area (Å²) in [5.41, 5.74) is 4.48. The fraction of sp³-hybridized carbons (Fsp3) is 0.227. The fourth-order valence-electron chi connectivity index (χ4n) is 3.34. The molecule has 2 aromatic carbocycles. The largest absolute Gasteiger partial charge is 0.378 e. The van der Waals surface area contributed by atoms with Crippen LogP contribution in [0.1, 0.15) is 17.0 Å². The first-order valence-corrected chi connectivity index (χ1v) is 8.77. The zero-order valence-electron chi connectivity index (χ0n) is 14.5. The third-order valence-electron chi connectivity index (χ3n) is 4.59. The van der Waals surface area contributed by atoms with Crippen molar-refractivity contribution < 1.29 is 4.74 Å². The number of morpholine rings is 1. The monoisotopic (exact) mass is 330 g/mol. The fourth-order valence-corrected chi connectivity index (χ4v) is 3.34. The van der Waals surface area contributed by atoms with Gasteiger partial charge in [0.05, 0.1) is 18.9 Å². The van der Waals surface area contributed by atoms with Crippen LogP contribution < -0.4 is 4.90 Å². The van der Waals surface area contributed by atoms with Crippen LogP contribution >= 0.6 is 0 Å². The maximum atomic E-state index is 5.46. The van der Waals surface area contributed by atoms with Crippen molar-refractivity contribution in [2.24, 2.45) is 0 Å². The highest BCUT2D eigenvalue weighted by Crippen LogP contribution is 2.22. The molecule has 0 amide bonds. The molecule has 2 heterocycles. The van der Waals surface area contributed by atoms with Gasteiger partial charge in [0.2, 0.25) is 0 Å². The summed E-state index contributed by atoms with van der Waals surface area (Å²) in [6, 6.07) is 19.2. The summed E-state index contributed by atoms with van der Waals surface area (Å²) in [4.78, 5) is 7.05. The lowest BCUT2D eigenvalue weighted by atomic mass is 10.0. The van der Waals surface area contributed by atoms with Gasteiger partial charge in [0, 0.05) is 24.5 Å². The third kappa shape index (κ3) is 3.57. The molecule has 1 fully saturated rings. The standard InChI is InChI=1S/C22H22N2O/c1-17-15-21(24-11-13-25-14-12-24)16-20(23-17)10-9-19-7-4-6-18-5-2-3-8-22(18)19/h2-10,15-16H,11-14H2,1H3/b10-9+. The number of pyridine rings is 1. The van der Waals surface area contributed by atoms with Gasteiger partial charge in [-0.1, -0.05) is 48.5 Å². The Bertz CT molecular complexity index is 906. The van der Waals surface area contributed by atoms with E-state index in [1.807, 2.05) is 0 Å². The molecular weight excluding hydrogens is 308 g/mol. The molecule has 0 radical (unpaired) electrons. The van der Waals surface area contributed by atoms with Crippen LogP contribution in [0.2, 0.25) is 0 Å². The number of aromatic nitrogens is 1. The van der Waals surface area contributed by atoms with Gasteiger partial charge in [-0.05, 0) is 41.5 Å². The van der Waals surface area contributed by atoms with Gasteiger partial charge in [0.25, 0.3) is 0 Å². The molecule has 4 rings (SSSR count). The van der Waals surface area contributed by atoms with Crippen molar-refractivity contribution in [1.82, 2.24) is 4.98 Å². The highest BCUT2D eigenvalue weighted by molar-refractivity contribution is 5.92. The number of hydrogen-bond donors (Lipinski definition) is 0. The Morgan fingerprint density at radius 1 is 0.960 bits per heavy atom. The number of aryl methyl sites for hydroxylation is 1. The van der Waals surface area contributed by atoms with Crippen LogP contribution in [0.5, 0.6) is 0 Å². The molecular formula is C22H22N2O. The molecule has 3 nitrogen and oxygen atoms in total. The van der Waals surface area contributed by atoms with Crippen LogP contribution in [0.15, 0.2) is 54.6 Å². The van der Waals surface area contributed by atoms with Gasteiger partial charge in [-0.15, -0.1) is 0 Å². The Labute approximate surface area is 148 Å². The molecule has 0 aliphatic carbocycles. The zero-order chi connectivity index (χ0) is 17.1. The molecule has 0 atom stereocenters. The molecule has 126 valence electrons. The minimum atomic E-state index is 0.794. The maximum absolute atomic E-state index is 5.46. The maximum Gasteiger partial charge on any atom is 0.0653 e. The lowest BCUT2D eigenvalue weighted by Gasteiger charge is -2.29. The van der Waals surface area contributed by atoms with E-state index in [9.17, 15) is 0 Å². The average Bonchev–Trinajstić information content (AvgIpc) is 2.66. The second kappa shape index (κ2) is 7.08. The van der Waals surface area contributed by atoms with Crippen LogP contribution in [0, 0.1) is 6.92 Å². The number of rotatable bonds is 3. The molecule has 0 bridgehead atoms. The van der Waals surface area contributed by atoms with E-state index in [-0.39, 0.29) is 0 Å². The number of benzene rings is 2. The lowest BCUT2D eigenvalue weighted by Crippen LogP contribution is -2.36. The van der Waals surface area contributed by atoms with Gasteiger partial charge in [-0.2, -0.15) is 0 Å². The molecule has 3 aromatic rings. The van der Waals surface area contributed by atoms with E-state index in [1.165, 1.54) is 22.0 Å². The molecule has 25 heavy (non-hydrogen) atoms. The topological polar surface area (TPSA) is 25.4 Å². The zero-order valence-corrected chi connectivity index (χ0v) is 14.5. The molecule has 3 heteroatoms. The van der Waals surface area contributed by atoms with E-state index in [0.29, 0.717) is 0 Å². The van der Waals surface area contributed by atoms with E-state index in [4.69, 9.17) is 4.74 Å². The SMILES string of the molecule is Cc1cc(N2CCOCC2)cc(/C=C/c2cccc3ccccc23)n1. The van der Waals surface area contributed by atoms with Crippen molar-refractivity contribution in [2.45, 2.75) is 6.92 Å². The number of ether oxygens (including phenoxy) is 1. The predicted octanol–water partition coefficient (Wildman–Crippen LogP) is 4.55. The van der Waals surface area contributed by atoms with E-state index < -0.39 is 0 Å². The summed E-state index contributed by atoms with van der Waals surface area (Å²) >= 11 is 0. The van der Waals surface area contributed by atoms with Crippen LogP contribution in [0.25, 0.3) is 22.9 Å². The van der Waals surface area contributed by atoms with E-state index in [2.05, 4.69) is 83.6 Å². The summed E-state index contributed by atoms with van der Waals surface area (Å²) < 4.78 is 5.46. The van der Waals surface area contributed by atoms with Crippen molar-refractivity contribution in [3.05, 3.63) is 71.5 Å².